The third-order valence-corrected chi connectivity index (χ3v) is 0.858. The van der Waals surface area contributed by atoms with Gasteiger partial charge in [-0.2, -0.15) is 0 Å². The SMILES string of the molecule is C=C.Cn1ccnc1N. The van der Waals surface area contributed by atoms with Crippen molar-refractivity contribution < 1.29 is 0 Å². The summed E-state index contributed by atoms with van der Waals surface area (Å²) in [6.07, 6.45) is 3.46. The van der Waals surface area contributed by atoms with Gasteiger partial charge in [0.15, 0.2) is 5.95 Å². The van der Waals surface area contributed by atoms with Gasteiger partial charge in [-0.25, -0.2) is 4.98 Å². The number of hydrogen-bond acceptors (Lipinski definition) is 2. The Morgan fingerprint density at radius 3 is 2.33 bits per heavy atom. The molecule has 0 bridgehead atoms. The zero-order valence-electron chi connectivity index (χ0n) is 5.54. The molecule has 0 saturated carbocycles. The van der Waals surface area contributed by atoms with Gasteiger partial charge in [-0.05, 0) is 0 Å². The maximum absolute atomic E-state index is 5.29. The Labute approximate surface area is 54.8 Å². The van der Waals surface area contributed by atoms with Crippen molar-refractivity contribution in [1.29, 1.82) is 0 Å². The molecular formula is C6H11N3. The molecule has 1 aromatic rings. The van der Waals surface area contributed by atoms with Crippen molar-refractivity contribution in [2.45, 2.75) is 0 Å². The van der Waals surface area contributed by atoms with Gasteiger partial charge in [-0.1, -0.05) is 0 Å². The van der Waals surface area contributed by atoms with Gasteiger partial charge in [0.1, 0.15) is 0 Å². The standard InChI is InChI=1S/C4H7N3.C2H4/c1-7-3-2-6-4(7)5;1-2/h2-3H,1H3,(H2,5,6);1-2H2. The van der Waals surface area contributed by atoms with Crippen LogP contribution in [0.25, 0.3) is 0 Å². The fourth-order valence-electron chi connectivity index (χ4n) is 0.377. The number of hydrogen-bond donors (Lipinski definition) is 1. The number of nitrogens with two attached hydrogens (primary N) is 1. The zero-order chi connectivity index (χ0) is 7.28. The van der Waals surface area contributed by atoms with Crippen molar-refractivity contribution in [1.82, 2.24) is 9.55 Å². The minimum absolute atomic E-state index is 0.556. The van der Waals surface area contributed by atoms with Crippen LogP contribution in [-0.2, 0) is 7.05 Å². The molecule has 0 saturated heterocycles. The van der Waals surface area contributed by atoms with E-state index < -0.39 is 0 Å². The van der Waals surface area contributed by atoms with Crippen LogP contribution in [0, 0.1) is 0 Å². The van der Waals surface area contributed by atoms with E-state index in [4.69, 9.17) is 5.73 Å². The van der Waals surface area contributed by atoms with E-state index in [9.17, 15) is 0 Å². The van der Waals surface area contributed by atoms with Crippen LogP contribution in [0.5, 0.6) is 0 Å². The lowest BCUT2D eigenvalue weighted by Crippen LogP contribution is -1.94. The monoisotopic (exact) mass is 125 g/mol. The zero-order valence-corrected chi connectivity index (χ0v) is 5.54. The normalized spacial score (nSPS) is 7.67. The maximum atomic E-state index is 5.29. The number of nitrogen functional groups attached to an aromatic ring is 1. The fourth-order valence-corrected chi connectivity index (χ4v) is 0.377. The second-order valence-corrected chi connectivity index (χ2v) is 1.40. The highest BCUT2D eigenvalue weighted by Gasteiger charge is 1.84. The summed E-state index contributed by atoms with van der Waals surface area (Å²) in [6.45, 7) is 6.00. The first-order valence-electron chi connectivity index (χ1n) is 2.53. The predicted molar refractivity (Wildman–Crippen MR) is 38.9 cm³/mol. The van der Waals surface area contributed by atoms with Crippen molar-refractivity contribution in [3.63, 3.8) is 0 Å². The van der Waals surface area contributed by atoms with Crippen molar-refractivity contribution in [2.75, 3.05) is 5.73 Å². The number of aromatic nitrogens is 2. The molecule has 0 aliphatic heterocycles. The van der Waals surface area contributed by atoms with Crippen molar-refractivity contribution >= 4 is 5.95 Å². The maximum Gasteiger partial charge on any atom is 0.199 e. The minimum Gasteiger partial charge on any atom is -0.369 e. The van der Waals surface area contributed by atoms with Gasteiger partial charge in [-0.15, -0.1) is 13.2 Å². The first-order valence-corrected chi connectivity index (χ1v) is 2.53. The molecule has 0 fully saturated rings. The van der Waals surface area contributed by atoms with E-state index in [-0.39, 0.29) is 0 Å². The van der Waals surface area contributed by atoms with Crippen LogP contribution < -0.4 is 5.73 Å². The van der Waals surface area contributed by atoms with E-state index in [1.165, 1.54) is 0 Å². The number of rotatable bonds is 0. The smallest absolute Gasteiger partial charge is 0.199 e. The quantitative estimate of drug-likeness (QED) is 0.521. The first kappa shape index (κ1) is 7.75. The third kappa shape index (κ3) is 1.99. The molecular weight excluding hydrogens is 114 g/mol. The molecule has 1 heterocycles. The fraction of sp³-hybridized carbons (Fsp3) is 0.167. The minimum atomic E-state index is 0.556. The highest BCUT2D eigenvalue weighted by atomic mass is 15.1. The largest absolute Gasteiger partial charge is 0.369 e. The molecule has 1 aromatic heterocycles. The average Bonchev–Trinajstić information content (AvgIpc) is 2.23. The summed E-state index contributed by atoms with van der Waals surface area (Å²) in [4.78, 5) is 3.76. The van der Waals surface area contributed by atoms with Crippen molar-refractivity contribution in [2.24, 2.45) is 7.05 Å². The lowest BCUT2D eigenvalue weighted by atomic mass is 10.9. The summed E-state index contributed by atoms with van der Waals surface area (Å²) in [7, 11) is 1.85. The summed E-state index contributed by atoms with van der Waals surface area (Å²) in [5.41, 5.74) is 5.29. The second kappa shape index (κ2) is 3.72. The van der Waals surface area contributed by atoms with Gasteiger partial charge >= 0.3 is 0 Å². The Morgan fingerprint density at radius 2 is 2.22 bits per heavy atom. The Hall–Kier alpha value is -1.25. The molecule has 3 nitrogen and oxygen atoms in total. The topological polar surface area (TPSA) is 43.8 Å². The van der Waals surface area contributed by atoms with Gasteiger partial charge in [0, 0.05) is 19.4 Å². The molecule has 0 unspecified atom stereocenters. The highest BCUT2D eigenvalue weighted by molar-refractivity contribution is 5.15. The van der Waals surface area contributed by atoms with Gasteiger partial charge in [-0.3, -0.25) is 0 Å². The van der Waals surface area contributed by atoms with E-state index in [0.717, 1.165) is 0 Å². The molecule has 1 rings (SSSR count). The molecule has 0 aromatic carbocycles. The van der Waals surface area contributed by atoms with Gasteiger partial charge in [0.2, 0.25) is 0 Å². The number of imidazole rings is 1. The van der Waals surface area contributed by atoms with E-state index in [1.54, 1.807) is 17.0 Å². The van der Waals surface area contributed by atoms with Gasteiger partial charge < -0.3 is 10.3 Å². The molecule has 9 heavy (non-hydrogen) atoms. The molecule has 0 atom stereocenters. The van der Waals surface area contributed by atoms with E-state index in [2.05, 4.69) is 18.1 Å². The molecule has 0 spiro atoms. The third-order valence-electron chi connectivity index (χ3n) is 0.858. The Balaban J connectivity index is 0.000000291. The summed E-state index contributed by atoms with van der Waals surface area (Å²) < 4.78 is 1.75. The van der Waals surface area contributed by atoms with Crippen LogP contribution in [0.2, 0.25) is 0 Å². The average molecular weight is 125 g/mol. The summed E-state index contributed by atoms with van der Waals surface area (Å²) in [6, 6.07) is 0. The van der Waals surface area contributed by atoms with Crippen LogP contribution in [0.4, 0.5) is 5.95 Å². The van der Waals surface area contributed by atoms with E-state index in [1.807, 2.05) is 7.05 Å². The molecule has 3 heteroatoms. The van der Waals surface area contributed by atoms with Gasteiger partial charge in [0.25, 0.3) is 0 Å². The lowest BCUT2D eigenvalue weighted by molar-refractivity contribution is 0.930. The molecule has 2 N–H and O–H groups in total. The van der Waals surface area contributed by atoms with Crippen LogP contribution in [0.1, 0.15) is 0 Å². The van der Waals surface area contributed by atoms with Gasteiger partial charge in [0.05, 0.1) is 0 Å². The molecule has 0 aliphatic carbocycles. The highest BCUT2D eigenvalue weighted by Crippen LogP contribution is 1.90. The van der Waals surface area contributed by atoms with Crippen LogP contribution >= 0.6 is 0 Å². The number of aryl methyl sites for hydroxylation is 1. The molecule has 50 valence electrons. The second-order valence-electron chi connectivity index (χ2n) is 1.40. The summed E-state index contributed by atoms with van der Waals surface area (Å²) in [5.74, 6) is 0.556. The summed E-state index contributed by atoms with van der Waals surface area (Å²) in [5, 5.41) is 0. The number of nitrogens with zero attached hydrogens (tertiary/aromatic N) is 2. The molecule has 0 amide bonds. The van der Waals surface area contributed by atoms with E-state index >= 15 is 0 Å². The molecule has 0 radical (unpaired) electrons. The number of anilines is 1. The van der Waals surface area contributed by atoms with Crippen LogP contribution in [0.3, 0.4) is 0 Å². The Morgan fingerprint density at radius 1 is 1.67 bits per heavy atom. The molecule has 0 aliphatic rings. The lowest BCUT2D eigenvalue weighted by Gasteiger charge is -1.87. The first-order chi connectivity index (χ1) is 4.30. The Kier molecular flexibility index (Phi) is 3.20. The van der Waals surface area contributed by atoms with Crippen molar-refractivity contribution in [3.05, 3.63) is 25.6 Å². The van der Waals surface area contributed by atoms with E-state index in [0.29, 0.717) is 5.95 Å². The summed E-state index contributed by atoms with van der Waals surface area (Å²) >= 11 is 0. The van der Waals surface area contributed by atoms with Crippen LogP contribution in [-0.4, -0.2) is 9.55 Å². The Bertz CT molecular complexity index is 152. The van der Waals surface area contributed by atoms with Crippen molar-refractivity contribution in [3.8, 4) is 0 Å². The van der Waals surface area contributed by atoms with Crippen LogP contribution in [0.15, 0.2) is 25.6 Å². The predicted octanol–water partition coefficient (Wildman–Crippen LogP) is 0.804.